The molecule has 5 heteroatoms. The summed E-state index contributed by atoms with van der Waals surface area (Å²) < 4.78 is 5.65. The maximum absolute atomic E-state index is 13.1. The second-order valence-electron chi connectivity index (χ2n) is 6.47. The molecule has 1 aliphatic rings. The number of rotatable bonds is 4. The molecule has 1 aromatic carbocycles. The monoisotopic (exact) mass is 335 g/mol. The summed E-state index contributed by atoms with van der Waals surface area (Å²) in [4.78, 5) is 22.4. The molecule has 1 fully saturated rings. The van der Waals surface area contributed by atoms with Crippen molar-refractivity contribution in [2.75, 3.05) is 13.7 Å². The first-order valence-corrected chi connectivity index (χ1v) is 8.56. The Morgan fingerprint density at radius 3 is 3.08 bits per heavy atom. The molecule has 25 heavy (non-hydrogen) atoms. The molecule has 0 bridgehead atoms. The normalized spacial score (nSPS) is 20.3. The lowest BCUT2D eigenvalue weighted by atomic mass is 10.0. The number of likely N-dealkylation sites (tertiary alicyclic amines) is 1. The molecular formula is C20H21N3O2. The summed E-state index contributed by atoms with van der Waals surface area (Å²) in [6.45, 7) is 0.716. The van der Waals surface area contributed by atoms with Crippen LogP contribution >= 0.6 is 0 Å². The van der Waals surface area contributed by atoms with Crippen molar-refractivity contribution in [2.45, 2.75) is 25.0 Å². The number of pyridine rings is 1. The number of H-pyrrole nitrogens is 1. The second kappa shape index (κ2) is 6.69. The van der Waals surface area contributed by atoms with E-state index in [-0.39, 0.29) is 18.1 Å². The molecule has 0 unspecified atom stereocenters. The van der Waals surface area contributed by atoms with E-state index in [1.165, 1.54) is 0 Å². The van der Waals surface area contributed by atoms with Crippen LogP contribution in [-0.4, -0.2) is 46.6 Å². The number of nitrogens with zero attached hydrogens (tertiary/aromatic N) is 2. The number of carbonyl (C=O) groups is 1. The molecule has 3 heterocycles. The Morgan fingerprint density at radius 2 is 2.28 bits per heavy atom. The Hall–Kier alpha value is -2.66. The van der Waals surface area contributed by atoms with Crippen LogP contribution in [0.25, 0.3) is 10.9 Å². The fraction of sp³-hybridized carbons (Fsp3) is 0.300. The largest absolute Gasteiger partial charge is 0.379 e. The van der Waals surface area contributed by atoms with Gasteiger partial charge in [-0.15, -0.1) is 0 Å². The van der Waals surface area contributed by atoms with Gasteiger partial charge in [0.2, 0.25) is 0 Å². The molecule has 1 amide bonds. The van der Waals surface area contributed by atoms with Crippen molar-refractivity contribution in [1.82, 2.24) is 14.9 Å². The lowest BCUT2D eigenvalue weighted by Crippen LogP contribution is -2.41. The minimum absolute atomic E-state index is 0.0311. The van der Waals surface area contributed by atoms with E-state index in [0.717, 1.165) is 34.9 Å². The number of benzene rings is 1. The highest BCUT2D eigenvalue weighted by atomic mass is 16.5. The van der Waals surface area contributed by atoms with E-state index in [2.05, 4.69) is 9.97 Å². The number of aromatic amines is 1. The van der Waals surface area contributed by atoms with Gasteiger partial charge in [0.1, 0.15) is 0 Å². The third-order valence-electron chi connectivity index (χ3n) is 5.02. The van der Waals surface area contributed by atoms with Crippen molar-refractivity contribution in [3.05, 3.63) is 66.1 Å². The molecule has 4 rings (SSSR count). The van der Waals surface area contributed by atoms with Gasteiger partial charge in [0.15, 0.2) is 0 Å². The summed E-state index contributed by atoms with van der Waals surface area (Å²) in [6, 6.07) is 11.8. The van der Waals surface area contributed by atoms with Gasteiger partial charge in [-0.05, 0) is 48.7 Å². The zero-order chi connectivity index (χ0) is 17.2. The van der Waals surface area contributed by atoms with Gasteiger partial charge in [-0.2, -0.15) is 0 Å². The van der Waals surface area contributed by atoms with Crippen LogP contribution in [0, 0.1) is 0 Å². The SMILES string of the molecule is CO[C@@H]1CCN(C(=O)c2ccc3[nH]ccc3c2)[C@H]1Cc1cccnc1. The molecule has 2 aromatic heterocycles. The van der Waals surface area contributed by atoms with Gasteiger partial charge in [-0.1, -0.05) is 6.07 Å². The second-order valence-corrected chi connectivity index (χ2v) is 6.47. The van der Waals surface area contributed by atoms with Crippen molar-refractivity contribution < 1.29 is 9.53 Å². The molecule has 0 aliphatic carbocycles. The molecule has 1 saturated heterocycles. The predicted octanol–water partition coefficient (Wildman–Crippen LogP) is 3.04. The first kappa shape index (κ1) is 15.8. The van der Waals surface area contributed by atoms with Crippen molar-refractivity contribution in [3.63, 3.8) is 0 Å². The van der Waals surface area contributed by atoms with Gasteiger partial charge in [-0.25, -0.2) is 0 Å². The molecule has 2 atom stereocenters. The highest BCUT2D eigenvalue weighted by Crippen LogP contribution is 2.26. The van der Waals surface area contributed by atoms with Crippen LogP contribution in [0.4, 0.5) is 0 Å². The molecule has 0 saturated carbocycles. The van der Waals surface area contributed by atoms with Crippen LogP contribution in [0.3, 0.4) is 0 Å². The molecule has 3 aromatic rings. The van der Waals surface area contributed by atoms with Crippen molar-refractivity contribution in [1.29, 1.82) is 0 Å². The van der Waals surface area contributed by atoms with Crippen LogP contribution in [0.2, 0.25) is 0 Å². The average molecular weight is 335 g/mol. The first-order valence-electron chi connectivity index (χ1n) is 8.56. The summed E-state index contributed by atoms with van der Waals surface area (Å²) in [7, 11) is 1.72. The highest BCUT2D eigenvalue weighted by Gasteiger charge is 2.37. The van der Waals surface area contributed by atoms with Gasteiger partial charge in [0.25, 0.3) is 5.91 Å². The number of hydrogen-bond donors (Lipinski definition) is 1. The molecule has 5 nitrogen and oxygen atoms in total. The topological polar surface area (TPSA) is 58.2 Å². The summed E-state index contributed by atoms with van der Waals surface area (Å²) in [5.41, 5.74) is 2.88. The van der Waals surface area contributed by atoms with E-state index in [4.69, 9.17) is 4.74 Å². The lowest BCUT2D eigenvalue weighted by Gasteiger charge is -2.28. The number of carbonyl (C=O) groups excluding carboxylic acids is 1. The number of ether oxygens (including phenoxy) is 1. The zero-order valence-electron chi connectivity index (χ0n) is 14.2. The Balaban J connectivity index is 1.61. The molecular weight excluding hydrogens is 314 g/mol. The van der Waals surface area contributed by atoms with E-state index in [9.17, 15) is 4.79 Å². The van der Waals surface area contributed by atoms with E-state index in [0.29, 0.717) is 6.54 Å². The summed E-state index contributed by atoms with van der Waals surface area (Å²) in [5, 5.41) is 1.05. The number of amides is 1. The van der Waals surface area contributed by atoms with Crippen molar-refractivity contribution in [3.8, 4) is 0 Å². The zero-order valence-corrected chi connectivity index (χ0v) is 14.2. The number of methoxy groups -OCH3 is 1. The number of fused-ring (bicyclic) bond motifs is 1. The van der Waals surface area contributed by atoms with E-state index in [1.807, 2.05) is 53.7 Å². The first-order chi connectivity index (χ1) is 12.3. The number of aromatic nitrogens is 2. The third kappa shape index (κ3) is 3.03. The van der Waals surface area contributed by atoms with Crippen LogP contribution in [0.15, 0.2) is 55.0 Å². The van der Waals surface area contributed by atoms with Gasteiger partial charge in [0, 0.05) is 48.7 Å². The molecule has 0 radical (unpaired) electrons. The number of nitrogens with one attached hydrogen (secondary N) is 1. The number of hydrogen-bond acceptors (Lipinski definition) is 3. The van der Waals surface area contributed by atoms with Crippen LogP contribution < -0.4 is 0 Å². The Morgan fingerprint density at radius 1 is 1.36 bits per heavy atom. The van der Waals surface area contributed by atoms with E-state index in [1.54, 1.807) is 13.3 Å². The minimum Gasteiger partial charge on any atom is -0.379 e. The van der Waals surface area contributed by atoms with E-state index >= 15 is 0 Å². The quantitative estimate of drug-likeness (QED) is 0.797. The Kier molecular flexibility index (Phi) is 4.24. The summed E-state index contributed by atoms with van der Waals surface area (Å²) in [5.74, 6) is 0.0662. The standard InChI is InChI=1S/C20H21N3O2/c1-25-19-7-10-23(18(19)11-14-3-2-8-21-13-14)20(24)16-4-5-17-15(12-16)6-9-22-17/h2-6,8-9,12-13,18-19,22H,7,10-11H2,1H3/t18-,19+/m0/s1. The van der Waals surface area contributed by atoms with Crippen LogP contribution in [-0.2, 0) is 11.2 Å². The fourth-order valence-electron chi connectivity index (χ4n) is 3.71. The smallest absolute Gasteiger partial charge is 0.254 e. The maximum atomic E-state index is 13.1. The highest BCUT2D eigenvalue weighted by molar-refractivity contribution is 5.98. The Labute approximate surface area is 146 Å². The van der Waals surface area contributed by atoms with Crippen molar-refractivity contribution in [2.24, 2.45) is 0 Å². The maximum Gasteiger partial charge on any atom is 0.254 e. The third-order valence-corrected chi connectivity index (χ3v) is 5.02. The van der Waals surface area contributed by atoms with Gasteiger partial charge in [-0.3, -0.25) is 9.78 Å². The van der Waals surface area contributed by atoms with Crippen LogP contribution in [0.1, 0.15) is 22.3 Å². The molecule has 0 spiro atoms. The molecule has 128 valence electrons. The predicted molar refractivity (Wildman–Crippen MR) is 96.5 cm³/mol. The van der Waals surface area contributed by atoms with Gasteiger partial charge >= 0.3 is 0 Å². The minimum atomic E-state index is 0.0311. The molecule has 1 aliphatic heterocycles. The van der Waals surface area contributed by atoms with Crippen molar-refractivity contribution >= 4 is 16.8 Å². The summed E-state index contributed by atoms with van der Waals surface area (Å²) in [6.07, 6.45) is 7.19. The fourth-order valence-corrected chi connectivity index (χ4v) is 3.71. The Bertz CT molecular complexity index is 875. The van der Waals surface area contributed by atoms with Crippen LogP contribution in [0.5, 0.6) is 0 Å². The van der Waals surface area contributed by atoms with E-state index < -0.39 is 0 Å². The summed E-state index contributed by atoms with van der Waals surface area (Å²) >= 11 is 0. The lowest BCUT2D eigenvalue weighted by molar-refractivity contribution is 0.0508. The van der Waals surface area contributed by atoms with Gasteiger partial charge < -0.3 is 14.6 Å². The van der Waals surface area contributed by atoms with Gasteiger partial charge in [0.05, 0.1) is 12.1 Å². The average Bonchev–Trinajstić information content (AvgIpc) is 3.28. The molecule has 1 N–H and O–H groups in total.